The third-order valence-electron chi connectivity index (χ3n) is 4.62. The summed E-state index contributed by atoms with van der Waals surface area (Å²) in [7, 11) is 1.61. The number of benzene rings is 3. The number of amides is 1. The Kier molecular flexibility index (Phi) is 7.95. The first-order valence-electron chi connectivity index (χ1n) is 10.2. The highest BCUT2D eigenvalue weighted by molar-refractivity contribution is 7.99. The van der Waals surface area contributed by atoms with Gasteiger partial charge < -0.3 is 14.8 Å². The van der Waals surface area contributed by atoms with Crippen molar-refractivity contribution in [2.75, 3.05) is 18.2 Å². The van der Waals surface area contributed by atoms with Gasteiger partial charge in [0.2, 0.25) is 5.91 Å². The fourth-order valence-electron chi connectivity index (χ4n) is 3.10. The SMILES string of the molecule is COc1ccc(-n2c(COc3ccccc3)nnc2SCC(=O)Nc2cc(Cl)cc(Cl)c2)cc1. The molecule has 0 unspecified atom stereocenters. The Balaban J connectivity index is 1.52. The number of nitrogens with zero attached hydrogens (tertiary/aromatic N) is 3. The van der Waals surface area contributed by atoms with Crippen LogP contribution in [-0.4, -0.2) is 33.5 Å². The summed E-state index contributed by atoms with van der Waals surface area (Å²) < 4.78 is 13.0. The van der Waals surface area contributed by atoms with Crippen molar-refractivity contribution in [3.8, 4) is 17.2 Å². The Morgan fingerprint density at radius 3 is 2.35 bits per heavy atom. The largest absolute Gasteiger partial charge is 0.497 e. The molecule has 4 rings (SSSR count). The van der Waals surface area contributed by atoms with Crippen molar-refractivity contribution >= 4 is 46.6 Å². The van der Waals surface area contributed by atoms with E-state index in [1.54, 1.807) is 25.3 Å². The van der Waals surface area contributed by atoms with Gasteiger partial charge in [-0.05, 0) is 54.6 Å². The molecule has 1 heterocycles. The van der Waals surface area contributed by atoms with E-state index >= 15 is 0 Å². The Morgan fingerprint density at radius 1 is 0.971 bits per heavy atom. The average molecular weight is 515 g/mol. The highest BCUT2D eigenvalue weighted by Crippen LogP contribution is 2.26. The lowest BCUT2D eigenvalue weighted by Crippen LogP contribution is -2.15. The Hall–Kier alpha value is -3.20. The van der Waals surface area contributed by atoms with Gasteiger partial charge in [-0.2, -0.15) is 0 Å². The number of methoxy groups -OCH3 is 1. The molecule has 7 nitrogen and oxygen atoms in total. The number of carbonyl (C=O) groups is 1. The summed E-state index contributed by atoms with van der Waals surface area (Å²) in [6.07, 6.45) is 0. The molecule has 1 aromatic heterocycles. The van der Waals surface area contributed by atoms with E-state index in [4.69, 9.17) is 32.7 Å². The Morgan fingerprint density at radius 2 is 1.68 bits per heavy atom. The molecule has 10 heteroatoms. The molecule has 4 aromatic rings. The number of ether oxygens (including phenoxy) is 2. The van der Waals surface area contributed by atoms with E-state index in [1.165, 1.54) is 11.8 Å². The molecule has 1 N–H and O–H groups in total. The summed E-state index contributed by atoms with van der Waals surface area (Å²) in [6.45, 7) is 0.205. The topological polar surface area (TPSA) is 78.3 Å². The van der Waals surface area contributed by atoms with Crippen LogP contribution in [0.2, 0.25) is 10.0 Å². The van der Waals surface area contributed by atoms with Gasteiger partial charge in [0.15, 0.2) is 11.0 Å². The van der Waals surface area contributed by atoms with E-state index in [0.29, 0.717) is 26.7 Å². The minimum atomic E-state index is -0.227. The molecule has 0 saturated carbocycles. The smallest absolute Gasteiger partial charge is 0.234 e. The lowest BCUT2D eigenvalue weighted by molar-refractivity contribution is -0.113. The van der Waals surface area contributed by atoms with E-state index in [-0.39, 0.29) is 18.3 Å². The first-order valence-corrected chi connectivity index (χ1v) is 11.9. The third kappa shape index (κ3) is 6.22. The Labute approximate surface area is 211 Å². The lowest BCUT2D eigenvalue weighted by Gasteiger charge is -2.12. The lowest BCUT2D eigenvalue weighted by atomic mass is 10.3. The van der Waals surface area contributed by atoms with Crippen LogP contribution >= 0.6 is 35.0 Å². The van der Waals surface area contributed by atoms with Gasteiger partial charge in [0.1, 0.15) is 18.1 Å². The molecule has 0 aliphatic carbocycles. The second-order valence-electron chi connectivity index (χ2n) is 7.03. The van der Waals surface area contributed by atoms with Gasteiger partial charge in [-0.25, -0.2) is 0 Å². The van der Waals surface area contributed by atoms with Gasteiger partial charge >= 0.3 is 0 Å². The summed E-state index contributed by atoms with van der Waals surface area (Å²) in [5.74, 6) is 1.93. The van der Waals surface area contributed by atoms with Gasteiger partial charge in [-0.15, -0.1) is 10.2 Å². The maximum absolute atomic E-state index is 12.5. The van der Waals surface area contributed by atoms with E-state index in [0.717, 1.165) is 17.2 Å². The maximum atomic E-state index is 12.5. The molecule has 0 fully saturated rings. The molecule has 0 bridgehead atoms. The number of hydrogen-bond donors (Lipinski definition) is 1. The predicted octanol–water partition coefficient (Wildman–Crippen LogP) is 5.89. The highest BCUT2D eigenvalue weighted by Gasteiger charge is 2.17. The van der Waals surface area contributed by atoms with E-state index < -0.39 is 0 Å². The molecule has 0 aliphatic rings. The van der Waals surface area contributed by atoms with Crippen molar-refractivity contribution in [3.63, 3.8) is 0 Å². The number of rotatable bonds is 9. The molecule has 1 amide bonds. The number of anilines is 1. The second-order valence-corrected chi connectivity index (χ2v) is 8.84. The zero-order chi connectivity index (χ0) is 23.9. The first-order chi connectivity index (χ1) is 16.5. The molecule has 174 valence electrons. The van der Waals surface area contributed by atoms with Gasteiger partial charge in [0, 0.05) is 21.4 Å². The molecule has 0 atom stereocenters. The van der Waals surface area contributed by atoms with Crippen LogP contribution in [0, 0.1) is 0 Å². The van der Waals surface area contributed by atoms with Crippen LogP contribution in [0.15, 0.2) is 78.0 Å². The standard InChI is InChI=1S/C24H20Cl2N4O3S/c1-32-20-9-7-19(8-10-20)30-22(14-33-21-5-3-2-4-6-21)28-29-24(30)34-15-23(31)27-18-12-16(25)11-17(26)13-18/h2-13H,14-15H2,1H3,(H,27,31). The number of carbonyl (C=O) groups excluding carboxylic acids is 1. The second kappa shape index (κ2) is 11.3. The minimum Gasteiger partial charge on any atom is -0.497 e. The van der Waals surface area contributed by atoms with Crippen molar-refractivity contribution in [1.82, 2.24) is 14.8 Å². The van der Waals surface area contributed by atoms with Crippen molar-refractivity contribution in [3.05, 3.63) is 88.7 Å². The summed E-state index contributed by atoms with van der Waals surface area (Å²) in [4.78, 5) is 12.5. The number of hydrogen-bond acceptors (Lipinski definition) is 6. The number of halogens is 2. The van der Waals surface area contributed by atoms with Crippen LogP contribution in [0.5, 0.6) is 11.5 Å². The van der Waals surface area contributed by atoms with E-state index in [9.17, 15) is 4.79 Å². The summed E-state index contributed by atoms with van der Waals surface area (Å²) in [5.41, 5.74) is 1.35. The normalized spacial score (nSPS) is 10.7. The number of nitrogens with one attached hydrogen (secondary N) is 1. The van der Waals surface area contributed by atoms with Crippen LogP contribution < -0.4 is 14.8 Å². The molecule has 34 heavy (non-hydrogen) atoms. The minimum absolute atomic E-state index is 0.109. The van der Waals surface area contributed by atoms with Crippen LogP contribution in [0.4, 0.5) is 5.69 Å². The maximum Gasteiger partial charge on any atom is 0.234 e. The number of aromatic nitrogens is 3. The fourth-order valence-corrected chi connectivity index (χ4v) is 4.39. The fraction of sp³-hybridized carbons (Fsp3) is 0.125. The zero-order valence-corrected chi connectivity index (χ0v) is 20.4. The summed E-state index contributed by atoms with van der Waals surface area (Å²) in [5, 5.41) is 12.8. The highest BCUT2D eigenvalue weighted by atomic mass is 35.5. The molecule has 0 radical (unpaired) electrons. The molecule has 0 spiro atoms. The monoisotopic (exact) mass is 514 g/mol. The molecule has 0 aliphatic heterocycles. The van der Waals surface area contributed by atoms with Gasteiger partial charge in [-0.1, -0.05) is 53.2 Å². The van der Waals surface area contributed by atoms with Crippen LogP contribution in [0.3, 0.4) is 0 Å². The van der Waals surface area contributed by atoms with E-state index in [1.807, 2.05) is 59.2 Å². The summed E-state index contributed by atoms with van der Waals surface area (Å²) >= 11 is 13.3. The zero-order valence-electron chi connectivity index (χ0n) is 18.1. The first kappa shape index (κ1) is 23.9. The molecule has 3 aromatic carbocycles. The van der Waals surface area contributed by atoms with Crippen molar-refractivity contribution < 1.29 is 14.3 Å². The molecular weight excluding hydrogens is 495 g/mol. The predicted molar refractivity (Wildman–Crippen MR) is 135 cm³/mol. The Bertz CT molecular complexity index is 1250. The summed E-state index contributed by atoms with van der Waals surface area (Å²) in [6, 6.07) is 21.8. The number of thioether (sulfide) groups is 1. The average Bonchev–Trinajstić information content (AvgIpc) is 3.24. The van der Waals surface area contributed by atoms with Crippen molar-refractivity contribution in [2.45, 2.75) is 11.8 Å². The van der Waals surface area contributed by atoms with Crippen molar-refractivity contribution in [1.29, 1.82) is 0 Å². The van der Waals surface area contributed by atoms with Crippen LogP contribution in [-0.2, 0) is 11.4 Å². The third-order valence-corrected chi connectivity index (χ3v) is 5.99. The number of para-hydroxylation sites is 1. The van der Waals surface area contributed by atoms with Crippen LogP contribution in [0.25, 0.3) is 5.69 Å². The molecule has 0 saturated heterocycles. The quantitative estimate of drug-likeness (QED) is 0.280. The van der Waals surface area contributed by atoms with Gasteiger partial charge in [-0.3, -0.25) is 9.36 Å². The molecular formula is C24H20Cl2N4O3S. The van der Waals surface area contributed by atoms with E-state index in [2.05, 4.69) is 15.5 Å². The van der Waals surface area contributed by atoms with Gasteiger partial charge in [0.25, 0.3) is 0 Å². The van der Waals surface area contributed by atoms with Crippen molar-refractivity contribution in [2.24, 2.45) is 0 Å². The van der Waals surface area contributed by atoms with Crippen LogP contribution in [0.1, 0.15) is 5.82 Å². The van der Waals surface area contributed by atoms with Gasteiger partial charge in [0.05, 0.1) is 12.9 Å².